The number of nitrogens with zero attached hydrogens (tertiary/aromatic N) is 2. The Labute approximate surface area is 182 Å². The molecule has 6 nitrogen and oxygen atoms in total. The Morgan fingerprint density at radius 2 is 1.71 bits per heavy atom. The zero-order valence-corrected chi connectivity index (χ0v) is 18.6. The Kier molecular flexibility index (Phi) is 7.23. The standard InChI is InChI=1S/C25H29N3O3/c1-5-31-21-10-8-20(9-11-21)22-12-13-24(30)28(27-22)14-6-7-23(29)26-25-18(3)15-17(2)16-19(25)4/h8-13,15-16H,5-7,14H2,1-4H3,(H,26,29). The molecule has 31 heavy (non-hydrogen) atoms. The first kappa shape index (κ1) is 22.3. The van der Waals surface area contributed by atoms with Gasteiger partial charge in [-0.3, -0.25) is 9.59 Å². The van der Waals surface area contributed by atoms with Crippen LogP contribution in [0.3, 0.4) is 0 Å². The Hall–Kier alpha value is -3.41. The molecule has 1 N–H and O–H groups in total. The summed E-state index contributed by atoms with van der Waals surface area (Å²) >= 11 is 0. The summed E-state index contributed by atoms with van der Waals surface area (Å²) in [6.45, 7) is 8.95. The van der Waals surface area contributed by atoms with E-state index in [9.17, 15) is 9.59 Å². The fraction of sp³-hybridized carbons (Fsp3) is 0.320. The molecule has 0 radical (unpaired) electrons. The largest absolute Gasteiger partial charge is 0.494 e. The second kappa shape index (κ2) is 10.1. The van der Waals surface area contributed by atoms with E-state index in [0.717, 1.165) is 28.1 Å². The van der Waals surface area contributed by atoms with Crippen molar-refractivity contribution in [3.8, 4) is 17.0 Å². The van der Waals surface area contributed by atoms with E-state index in [0.29, 0.717) is 31.7 Å². The van der Waals surface area contributed by atoms with Crippen LogP contribution in [0.25, 0.3) is 11.3 Å². The van der Waals surface area contributed by atoms with Crippen LogP contribution in [0.2, 0.25) is 0 Å². The van der Waals surface area contributed by atoms with Crippen molar-refractivity contribution in [2.75, 3.05) is 11.9 Å². The van der Waals surface area contributed by atoms with Crippen molar-refractivity contribution in [3.05, 3.63) is 75.6 Å². The maximum Gasteiger partial charge on any atom is 0.266 e. The molecule has 0 aliphatic heterocycles. The van der Waals surface area contributed by atoms with Crippen LogP contribution in [0.15, 0.2) is 53.3 Å². The van der Waals surface area contributed by atoms with E-state index >= 15 is 0 Å². The molecule has 2 aromatic carbocycles. The lowest BCUT2D eigenvalue weighted by Crippen LogP contribution is -2.23. The van der Waals surface area contributed by atoms with Gasteiger partial charge >= 0.3 is 0 Å². The molecule has 1 heterocycles. The fourth-order valence-corrected chi connectivity index (χ4v) is 3.62. The van der Waals surface area contributed by atoms with Gasteiger partial charge in [0.2, 0.25) is 5.91 Å². The van der Waals surface area contributed by atoms with E-state index in [-0.39, 0.29) is 11.5 Å². The number of hydrogen-bond acceptors (Lipinski definition) is 4. The highest BCUT2D eigenvalue weighted by Crippen LogP contribution is 2.22. The van der Waals surface area contributed by atoms with Gasteiger partial charge in [0, 0.05) is 30.3 Å². The average molecular weight is 420 g/mol. The van der Waals surface area contributed by atoms with E-state index < -0.39 is 0 Å². The Bertz CT molecular complexity index is 1090. The summed E-state index contributed by atoms with van der Waals surface area (Å²) in [5, 5.41) is 7.47. The third kappa shape index (κ3) is 5.81. The van der Waals surface area contributed by atoms with Gasteiger partial charge in [-0.2, -0.15) is 5.10 Å². The van der Waals surface area contributed by atoms with Crippen LogP contribution >= 0.6 is 0 Å². The van der Waals surface area contributed by atoms with Gasteiger partial charge in [-0.15, -0.1) is 0 Å². The van der Waals surface area contributed by atoms with Crippen molar-refractivity contribution in [1.29, 1.82) is 0 Å². The quantitative estimate of drug-likeness (QED) is 0.577. The molecule has 162 valence electrons. The zero-order chi connectivity index (χ0) is 22.4. The van der Waals surface area contributed by atoms with Crippen molar-refractivity contribution in [1.82, 2.24) is 9.78 Å². The predicted molar refractivity (Wildman–Crippen MR) is 124 cm³/mol. The number of carbonyl (C=O) groups excluding carboxylic acids is 1. The van der Waals surface area contributed by atoms with Gasteiger partial charge in [0.15, 0.2) is 0 Å². The third-order valence-corrected chi connectivity index (χ3v) is 5.04. The number of amides is 1. The summed E-state index contributed by atoms with van der Waals surface area (Å²) in [4.78, 5) is 24.6. The van der Waals surface area contributed by atoms with Gasteiger partial charge in [-0.25, -0.2) is 4.68 Å². The molecule has 6 heteroatoms. The lowest BCUT2D eigenvalue weighted by molar-refractivity contribution is -0.116. The van der Waals surface area contributed by atoms with E-state index in [1.165, 1.54) is 16.3 Å². The van der Waals surface area contributed by atoms with Crippen molar-refractivity contribution >= 4 is 11.6 Å². The molecule has 3 aromatic rings. The molecule has 0 fully saturated rings. The van der Waals surface area contributed by atoms with Crippen LogP contribution in [-0.4, -0.2) is 22.3 Å². The average Bonchev–Trinajstić information content (AvgIpc) is 2.73. The lowest BCUT2D eigenvalue weighted by atomic mass is 10.0. The number of hydrogen-bond donors (Lipinski definition) is 1. The minimum atomic E-state index is -0.180. The molecule has 0 aliphatic rings. The number of aromatic nitrogens is 2. The highest BCUT2D eigenvalue weighted by Gasteiger charge is 2.09. The second-order valence-corrected chi connectivity index (χ2v) is 7.66. The molecule has 0 saturated carbocycles. The molecule has 0 atom stereocenters. The van der Waals surface area contributed by atoms with Gasteiger partial charge < -0.3 is 10.1 Å². The highest BCUT2D eigenvalue weighted by atomic mass is 16.5. The smallest absolute Gasteiger partial charge is 0.266 e. The van der Waals surface area contributed by atoms with Crippen molar-refractivity contribution in [2.24, 2.45) is 0 Å². The van der Waals surface area contributed by atoms with Crippen LogP contribution in [0.5, 0.6) is 5.75 Å². The number of benzene rings is 2. The van der Waals surface area contributed by atoms with Gasteiger partial charge in [0.25, 0.3) is 5.56 Å². The van der Waals surface area contributed by atoms with E-state index in [1.807, 2.05) is 52.0 Å². The molecule has 0 spiro atoms. The number of ether oxygens (including phenoxy) is 1. The Balaban J connectivity index is 1.62. The number of rotatable bonds is 8. The molecular formula is C25H29N3O3. The molecule has 0 bridgehead atoms. The third-order valence-electron chi connectivity index (χ3n) is 5.04. The maximum atomic E-state index is 12.4. The zero-order valence-electron chi connectivity index (χ0n) is 18.6. The highest BCUT2D eigenvalue weighted by molar-refractivity contribution is 5.92. The van der Waals surface area contributed by atoms with Crippen LogP contribution < -0.4 is 15.6 Å². The first-order valence-corrected chi connectivity index (χ1v) is 10.6. The van der Waals surface area contributed by atoms with Gasteiger partial charge in [-0.1, -0.05) is 17.7 Å². The minimum absolute atomic E-state index is 0.0641. The summed E-state index contributed by atoms with van der Waals surface area (Å²) in [6.07, 6.45) is 0.837. The summed E-state index contributed by atoms with van der Waals surface area (Å²) in [7, 11) is 0. The summed E-state index contributed by atoms with van der Waals surface area (Å²) < 4.78 is 6.88. The molecule has 0 saturated heterocycles. The monoisotopic (exact) mass is 419 g/mol. The van der Waals surface area contributed by atoms with Crippen molar-refractivity contribution < 1.29 is 9.53 Å². The summed E-state index contributed by atoms with van der Waals surface area (Å²) in [6, 6.07) is 14.9. The van der Waals surface area contributed by atoms with Crippen LogP contribution in [-0.2, 0) is 11.3 Å². The van der Waals surface area contributed by atoms with Gasteiger partial charge in [0.1, 0.15) is 5.75 Å². The second-order valence-electron chi connectivity index (χ2n) is 7.66. The van der Waals surface area contributed by atoms with Crippen molar-refractivity contribution in [2.45, 2.75) is 47.1 Å². The topological polar surface area (TPSA) is 73.2 Å². The van der Waals surface area contributed by atoms with Gasteiger partial charge in [-0.05, 0) is 75.6 Å². The Morgan fingerprint density at radius 3 is 2.35 bits per heavy atom. The number of anilines is 1. The molecule has 0 unspecified atom stereocenters. The number of carbonyl (C=O) groups is 1. The minimum Gasteiger partial charge on any atom is -0.494 e. The van der Waals surface area contributed by atoms with Crippen LogP contribution in [0, 0.1) is 20.8 Å². The fourth-order valence-electron chi connectivity index (χ4n) is 3.62. The SMILES string of the molecule is CCOc1ccc(-c2ccc(=O)n(CCCC(=O)Nc3c(C)cc(C)cc3C)n2)cc1. The molecule has 1 amide bonds. The Morgan fingerprint density at radius 1 is 1.03 bits per heavy atom. The van der Waals surface area contributed by atoms with Crippen molar-refractivity contribution in [3.63, 3.8) is 0 Å². The van der Waals surface area contributed by atoms with Gasteiger partial charge in [0.05, 0.1) is 12.3 Å². The predicted octanol–water partition coefficient (Wildman–Crippen LogP) is 4.65. The molecule has 1 aromatic heterocycles. The van der Waals surface area contributed by atoms with Crippen LogP contribution in [0.4, 0.5) is 5.69 Å². The van der Waals surface area contributed by atoms with E-state index in [1.54, 1.807) is 6.07 Å². The normalized spacial score (nSPS) is 10.7. The number of nitrogens with one attached hydrogen (secondary N) is 1. The van der Waals surface area contributed by atoms with Crippen LogP contribution in [0.1, 0.15) is 36.5 Å². The van der Waals surface area contributed by atoms with E-state index in [2.05, 4.69) is 22.5 Å². The molecule has 3 rings (SSSR count). The first-order valence-electron chi connectivity index (χ1n) is 10.6. The first-order chi connectivity index (χ1) is 14.9. The van der Waals surface area contributed by atoms with E-state index in [4.69, 9.17) is 4.74 Å². The molecular weight excluding hydrogens is 390 g/mol. The lowest BCUT2D eigenvalue weighted by Gasteiger charge is -2.13. The molecule has 0 aliphatic carbocycles. The maximum absolute atomic E-state index is 12.4. The summed E-state index contributed by atoms with van der Waals surface area (Å²) in [5.74, 6) is 0.732. The number of aryl methyl sites for hydroxylation is 4. The summed E-state index contributed by atoms with van der Waals surface area (Å²) in [5.41, 5.74) is 5.56.